The molecule has 10 heavy (non-hydrogen) atoms. The third-order valence-electron chi connectivity index (χ3n) is 1.46. The molecular formula is C7H13IN2. The van der Waals surface area contributed by atoms with Crippen LogP contribution in [0.1, 0.15) is 20.3 Å². The fraction of sp³-hybridized carbons (Fsp3) is 0.857. The lowest BCUT2D eigenvalue weighted by atomic mass is 10.2. The van der Waals surface area contributed by atoms with Gasteiger partial charge in [0.05, 0.1) is 3.42 Å². The van der Waals surface area contributed by atoms with Crippen molar-refractivity contribution in [1.82, 2.24) is 5.32 Å². The lowest BCUT2D eigenvalue weighted by Gasteiger charge is -2.24. The Hall–Kier alpha value is 0.200. The molecule has 0 aromatic heterocycles. The Kier molecular flexibility index (Phi) is 2.55. The van der Waals surface area contributed by atoms with Crippen LogP contribution in [-0.2, 0) is 0 Å². The van der Waals surface area contributed by atoms with Crippen molar-refractivity contribution >= 4 is 28.4 Å². The predicted octanol–water partition coefficient (Wildman–Crippen LogP) is 1.59. The maximum absolute atomic E-state index is 4.40. The summed E-state index contributed by atoms with van der Waals surface area (Å²) in [5.41, 5.74) is 0. The minimum Gasteiger partial charge on any atom is -0.373 e. The molecule has 0 bridgehead atoms. The molecule has 1 aliphatic rings. The number of hydrogen-bond donors (Lipinski definition) is 1. The maximum Gasteiger partial charge on any atom is 0.112 e. The lowest BCUT2D eigenvalue weighted by Crippen LogP contribution is -2.41. The van der Waals surface area contributed by atoms with E-state index in [9.17, 15) is 0 Å². The van der Waals surface area contributed by atoms with Gasteiger partial charge in [0.25, 0.3) is 0 Å². The Balaban J connectivity index is 2.62. The SMILES string of the molecule is CC(C)(I)C1=NCCCN1. The molecule has 0 amide bonds. The number of nitrogens with zero attached hydrogens (tertiary/aromatic N) is 1. The topological polar surface area (TPSA) is 24.4 Å². The van der Waals surface area contributed by atoms with E-state index in [0.29, 0.717) is 0 Å². The second kappa shape index (κ2) is 3.07. The molecule has 0 fully saturated rings. The summed E-state index contributed by atoms with van der Waals surface area (Å²) in [4.78, 5) is 4.40. The Morgan fingerprint density at radius 2 is 2.30 bits per heavy atom. The zero-order chi connectivity index (χ0) is 7.61. The number of rotatable bonds is 1. The van der Waals surface area contributed by atoms with E-state index in [-0.39, 0.29) is 3.42 Å². The quantitative estimate of drug-likeness (QED) is 0.556. The number of alkyl halides is 1. The normalized spacial score (nSPS) is 19.7. The Labute approximate surface area is 75.6 Å². The minimum absolute atomic E-state index is 0.179. The molecule has 1 N–H and O–H groups in total. The van der Waals surface area contributed by atoms with Gasteiger partial charge in [-0.3, -0.25) is 4.99 Å². The van der Waals surface area contributed by atoms with Crippen LogP contribution >= 0.6 is 22.6 Å². The van der Waals surface area contributed by atoms with Crippen LogP contribution in [0.15, 0.2) is 4.99 Å². The number of amidine groups is 1. The van der Waals surface area contributed by atoms with Crippen LogP contribution in [0, 0.1) is 0 Å². The van der Waals surface area contributed by atoms with E-state index < -0.39 is 0 Å². The summed E-state index contributed by atoms with van der Waals surface area (Å²) in [7, 11) is 0. The van der Waals surface area contributed by atoms with Crippen molar-refractivity contribution in [3.8, 4) is 0 Å². The first-order valence-corrected chi connectivity index (χ1v) is 4.66. The first kappa shape index (κ1) is 8.30. The largest absolute Gasteiger partial charge is 0.373 e. The van der Waals surface area contributed by atoms with Crippen molar-refractivity contribution in [3.63, 3.8) is 0 Å². The average molecular weight is 252 g/mol. The molecule has 0 radical (unpaired) electrons. The van der Waals surface area contributed by atoms with Crippen molar-refractivity contribution in [3.05, 3.63) is 0 Å². The maximum atomic E-state index is 4.40. The molecule has 0 atom stereocenters. The Bertz CT molecular complexity index is 146. The second-order valence-corrected chi connectivity index (χ2v) is 5.68. The van der Waals surface area contributed by atoms with Crippen LogP contribution in [0.5, 0.6) is 0 Å². The van der Waals surface area contributed by atoms with Crippen molar-refractivity contribution in [2.45, 2.75) is 23.7 Å². The van der Waals surface area contributed by atoms with E-state index in [1.165, 1.54) is 6.42 Å². The van der Waals surface area contributed by atoms with E-state index in [2.05, 4.69) is 46.7 Å². The van der Waals surface area contributed by atoms with Crippen LogP contribution in [-0.4, -0.2) is 22.3 Å². The molecule has 1 heterocycles. The first-order valence-electron chi connectivity index (χ1n) is 3.58. The van der Waals surface area contributed by atoms with E-state index in [0.717, 1.165) is 18.9 Å². The molecule has 0 saturated heterocycles. The molecular weight excluding hydrogens is 239 g/mol. The number of halogens is 1. The molecule has 1 rings (SSSR count). The minimum atomic E-state index is 0.179. The predicted molar refractivity (Wildman–Crippen MR) is 53.0 cm³/mol. The van der Waals surface area contributed by atoms with Crippen molar-refractivity contribution in [2.75, 3.05) is 13.1 Å². The molecule has 0 saturated carbocycles. The Morgan fingerprint density at radius 3 is 2.60 bits per heavy atom. The van der Waals surface area contributed by atoms with Crippen molar-refractivity contribution in [1.29, 1.82) is 0 Å². The smallest absolute Gasteiger partial charge is 0.112 e. The molecule has 0 aromatic carbocycles. The van der Waals surface area contributed by atoms with Gasteiger partial charge in [0.2, 0.25) is 0 Å². The van der Waals surface area contributed by atoms with Crippen LogP contribution in [0.3, 0.4) is 0 Å². The molecule has 58 valence electrons. The van der Waals surface area contributed by atoms with Gasteiger partial charge in [-0.25, -0.2) is 0 Å². The van der Waals surface area contributed by atoms with Crippen molar-refractivity contribution < 1.29 is 0 Å². The molecule has 2 nitrogen and oxygen atoms in total. The zero-order valence-corrected chi connectivity index (χ0v) is 8.60. The van der Waals surface area contributed by atoms with Gasteiger partial charge in [-0.1, -0.05) is 22.6 Å². The van der Waals surface area contributed by atoms with Gasteiger partial charge in [-0.2, -0.15) is 0 Å². The lowest BCUT2D eigenvalue weighted by molar-refractivity contribution is 0.711. The van der Waals surface area contributed by atoms with Gasteiger partial charge < -0.3 is 5.32 Å². The summed E-state index contributed by atoms with van der Waals surface area (Å²) < 4.78 is 0.179. The third-order valence-corrected chi connectivity index (χ3v) is 1.97. The van der Waals surface area contributed by atoms with E-state index >= 15 is 0 Å². The van der Waals surface area contributed by atoms with E-state index in [1.807, 2.05) is 0 Å². The summed E-state index contributed by atoms with van der Waals surface area (Å²) >= 11 is 2.40. The summed E-state index contributed by atoms with van der Waals surface area (Å²) in [6.07, 6.45) is 1.18. The fourth-order valence-electron chi connectivity index (χ4n) is 0.931. The second-order valence-electron chi connectivity index (χ2n) is 2.98. The highest BCUT2D eigenvalue weighted by atomic mass is 127. The average Bonchev–Trinajstić information content (AvgIpc) is 1.88. The highest BCUT2D eigenvalue weighted by molar-refractivity contribution is 14.1. The van der Waals surface area contributed by atoms with E-state index in [1.54, 1.807) is 0 Å². The molecule has 1 aliphatic heterocycles. The van der Waals surface area contributed by atoms with Crippen LogP contribution < -0.4 is 5.32 Å². The monoisotopic (exact) mass is 252 g/mol. The Morgan fingerprint density at radius 1 is 1.60 bits per heavy atom. The summed E-state index contributed by atoms with van der Waals surface area (Å²) in [6, 6.07) is 0. The highest BCUT2D eigenvalue weighted by Gasteiger charge is 2.21. The van der Waals surface area contributed by atoms with E-state index in [4.69, 9.17) is 0 Å². The van der Waals surface area contributed by atoms with Crippen LogP contribution in [0.4, 0.5) is 0 Å². The number of hydrogen-bond acceptors (Lipinski definition) is 2. The molecule has 0 unspecified atom stereocenters. The summed E-state index contributed by atoms with van der Waals surface area (Å²) in [6.45, 7) is 6.43. The van der Waals surface area contributed by atoms with Gasteiger partial charge >= 0.3 is 0 Å². The first-order chi connectivity index (χ1) is 4.61. The third kappa shape index (κ3) is 2.11. The molecule has 0 aromatic rings. The van der Waals surface area contributed by atoms with Gasteiger partial charge in [0.15, 0.2) is 0 Å². The molecule has 0 spiro atoms. The summed E-state index contributed by atoms with van der Waals surface area (Å²) in [5, 5.41) is 3.30. The molecule has 3 heteroatoms. The van der Waals surface area contributed by atoms with Crippen LogP contribution in [0.25, 0.3) is 0 Å². The standard InChI is InChI=1S/C7H13IN2/c1-7(2,8)6-9-4-3-5-10-6/h3-5H2,1-2H3,(H,9,10). The number of aliphatic imine (C=N–C) groups is 1. The highest BCUT2D eigenvalue weighted by Crippen LogP contribution is 2.18. The van der Waals surface area contributed by atoms with Gasteiger partial charge in [-0.05, 0) is 20.3 Å². The fourth-order valence-corrected chi connectivity index (χ4v) is 1.29. The zero-order valence-electron chi connectivity index (χ0n) is 6.45. The van der Waals surface area contributed by atoms with Crippen molar-refractivity contribution in [2.24, 2.45) is 4.99 Å². The van der Waals surface area contributed by atoms with Gasteiger partial charge in [-0.15, -0.1) is 0 Å². The van der Waals surface area contributed by atoms with Gasteiger partial charge in [0.1, 0.15) is 5.84 Å². The number of nitrogens with one attached hydrogen (secondary N) is 1. The summed E-state index contributed by atoms with van der Waals surface area (Å²) in [5.74, 6) is 1.15. The van der Waals surface area contributed by atoms with Crippen LogP contribution in [0.2, 0.25) is 0 Å². The molecule has 0 aliphatic carbocycles. The van der Waals surface area contributed by atoms with Gasteiger partial charge in [0, 0.05) is 13.1 Å².